The predicted octanol–water partition coefficient (Wildman–Crippen LogP) is 3.82. The second kappa shape index (κ2) is 13.8. The molecule has 1 heterocycles. The van der Waals surface area contributed by atoms with Crippen LogP contribution in [0.1, 0.15) is 23.6 Å². The van der Waals surface area contributed by atoms with Crippen LogP contribution < -0.4 is 10.6 Å². The molecule has 7 heteroatoms. The Morgan fingerprint density at radius 3 is 2.50 bits per heavy atom. The summed E-state index contributed by atoms with van der Waals surface area (Å²) >= 11 is 0. The molecule has 0 fully saturated rings. The van der Waals surface area contributed by atoms with Crippen LogP contribution in [-0.2, 0) is 24.4 Å². The number of benzene rings is 2. The Bertz CT molecular complexity index is 868. The molecule has 0 unspecified atom stereocenters. The molecule has 0 bridgehead atoms. The largest absolute Gasteiger partial charge is 0.375 e. The van der Waals surface area contributed by atoms with Gasteiger partial charge in [-0.05, 0) is 29.7 Å². The lowest BCUT2D eigenvalue weighted by molar-refractivity contribution is 0.125. The lowest BCUT2D eigenvalue weighted by Gasteiger charge is -2.13. The van der Waals surface area contributed by atoms with Gasteiger partial charge in [0.05, 0.1) is 26.3 Å². The van der Waals surface area contributed by atoms with E-state index in [2.05, 4.69) is 59.1 Å². The first-order valence-electron chi connectivity index (χ1n) is 10.0. The van der Waals surface area contributed by atoms with E-state index in [9.17, 15) is 0 Å². The Morgan fingerprint density at radius 2 is 1.77 bits per heavy atom. The second-order valence-electron chi connectivity index (χ2n) is 6.63. The van der Waals surface area contributed by atoms with Crippen LogP contribution in [-0.4, -0.2) is 35.4 Å². The van der Waals surface area contributed by atoms with Gasteiger partial charge in [-0.1, -0.05) is 54.6 Å². The molecule has 0 spiro atoms. The van der Waals surface area contributed by atoms with Crippen molar-refractivity contribution < 1.29 is 4.74 Å². The Balaban J connectivity index is 0.00000320. The van der Waals surface area contributed by atoms with Gasteiger partial charge in [0, 0.05) is 25.5 Å². The average Bonchev–Trinajstić information content (AvgIpc) is 3.26. The zero-order valence-corrected chi connectivity index (χ0v) is 19.7. The highest BCUT2D eigenvalue weighted by molar-refractivity contribution is 14.0. The van der Waals surface area contributed by atoms with Crippen LogP contribution in [0.2, 0.25) is 0 Å². The quantitative estimate of drug-likeness (QED) is 0.185. The van der Waals surface area contributed by atoms with Crippen molar-refractivity contribution in [2.24, 2.45) is 4.99 Å². The second-order valence-corrected chi connectivity index (χ2v) is 6.63. The summed E-state index contributed by atoms with van der Waals surface area (Å²) in [4.78, 5) is 4.74. The van der Waals surface area contributed by atoms with Gasteiger partial charge in [-0.25, -0.2) is 4.99 Å². The molecule has 2 aromatic carbocycles. The van der Waals surface area contributed by atoms with Crippen molar-refractivity contribution in [2.45, 2.75) is 26.6 Å². The Morgan fingerprint density at radius 1 is 1.00 bits per heavy atom. The van der Waals surface area contributed by atoms with E-state index >= 15 is 0 Å². The zero-order valence-electron chi connectivity index (χ0n) is 17.3. The number of aromatic nitrogens is 2. The van der Waals surface area contributed by atoms with Gasteiger partial charge >= 0.3 is 0 Å². The van der Waals surface area contributed by atoms with Gasteiger partial charge in [0.25, 0.3) is 0 Å². The van der Waals surface area contributed by atoms with E-state index in [-0.39, 0.29) is 24.0 Å². The number of aliphatic imine (C=N–C) groups is 1. The van der Waals surface area contributed by atoms with Gasteiger partial charge in [-0.15, -0.1) is 24.0 Å². The summed E-state index contributed by atoms with van der Waals surface area (Å²) in [6, 6.07) is 20.5. The van der Waals surface area contributed by atoms with Crippen LogP contribution in [0.5, 0.6) is 0 Å². The van der Waals surface area contributed by atoms with Crippen molar-refractivity contribution in [1.29, 1.82) is 0 Å². The Hall–Kier alpha value is -2.39. The van der Waals surface area contributed by atoms with E-state index < -0.39 is 0 Å². The predicted molar refractivity (Wildman–Crippen MR) is 132 cm³/mol. The Labute approximate surface area is 195 Å². The molecule has 0 saturated heterocycles. The van der Waals surface area contributed by atoms with E-state index in [0.717, 1.165) is 19.0 Å². The van der Waals surface area contributed by atoms with Crippen molar-refractivity contribution in [2.75, 3.05) is 19.7 Å². The molecule has 0 radical (unpaired) electrons. The first kappa shape index (κ1) is 23.9. The average molecular weight is 519 g/mol. The third-order valence-corrected chi connectivity index (χ3v) is 4.41. The number of nitrogens with one attached hydrogen (secondary N) is 2. The smallest absolute Gasteiger partial charge is 0.191 e. The van der Waals surface area contributed by atoms with Gasteiger partial charge in [0.1, 0.15) is 0 Å². The van der Waals surface area contributed by atoms with Crippen LogP contribution >= 0.6 is 24.0 Å². The van der Waals surface area contributed by atoms with Gasteiger partial charge in [-0.2, -0.15) is 5.10 Å². The number of ether oxygens (including phenoxy) is 1. The number of rotatable bonds is 10. The van der Waals surface area contributed by atoms with E-state index in [4.69, 9.17) is 9.73 Å². The SMILES string of the molecule is CCNC(=NCc1ccccc1Cn1cccn1)NCCOCc1ccccc1.I. The van der Waals surface area contributed by atoms with Crippen molar-refractivity contribution >= 4 is 29.9 Å². The summed E-state index contributed by atoms with van der Waals surface area (Å²) in [5, 5.41) is 10.9. The number of nitrogens with zero attached hydrogens (tertiary/aromatic N) is 3. The highest BCUT2D eigenvalue weighted by atomic mass is 127. The van der Waals surface area contributed by atoms with Crippen molar-refractivity contribution in [3.8, 4) is 0 Å². The molecular formula is C23H30IN5O. The molecule has 0 amide bonds. The van der Waals surface area contributed by atoms with E-state index in [1.54, 1.807) is 6.20 Å². The molecule has 2 N–H and O–H groups in total. The Kier molecular flexibility index (Phi) is 11.0. The molecule has 0 saturated carbocycles. The molecule has 30 heavy (non-hydrogen) atoms. The summed E-state index contributed by atoms with van der Waals surface area (Å²) in [5.74, 6) is 0.796. The van der Waals surface area contributed by atoms with Crippen LogP contribution in [0.3, 0.4) is 0 Å². The highest BCUT2D eigenvalue weighted by Crippen LogP contribution is 2.11. The number of hydrogen-bond acceptors (Lipinski definition) is 3. The molecule has 3 rings (SSSR count). The maximum atomic E-state index is 5.73. The molecule has 6 nitrogen and oxygen atoms in total. The summed E-state index contributed by atoms with van der Waals surface area (Å²) in [6.07, 6.45) is 3.77. The fourth-order valence-electron chi connectivity index (χ4n) is 2.95. The first-order chi connectivity index (χ1) is 14.3. The minimum absolute atomic E-state index is 0. The van der Waals surface area contributed by atoms with Crippen LogP contribution in [0.25, 0.3) is 0 Å². The summed E-state index contributed by atoms with van der Waals surface area (Å²) in [6.45, 7) is 6.17. The van der Waals surface area contributed by atoms with Gasteiger partial charge in [0.2, 0.25) is 0 Å². The molecule has 3 aromatic rings. The summed E-state index contributed by atoms with van der Waals surface area (Å²) in [7, 11) is 0. The minimum Gasteiger partial charge on any atom is -0.375 e. The van der Waals surface area contributed by atoms with E-state index in [0.29, 0.717) is 26.3 Å². The fourth-order valence-corrected chi connectivity index (χ4v) is 2.95. The molecule has 1 aromatic heterocycles. The van der Waals surface area contributed by atoms with Crippen molar-refractivity contribution in [1.82, 2.24) is 20.4 Å². The molecule has 0 aliphatic carbocycles. The number of guanidine groups is 1. The summed E-state index contributed by atoms with van der Waals surface area (Å²) < 4.78 is 7.66. The fraction of sp³-hybridized carbons (Fsp3) is 0.304. The number of hydrogen-bond donors (Lipinski definition) is 2. The number of halogens is 1. The van der Waals surface area contributed by atoms with Crippen molar-refractivity contribution in [3.63, 3.8) is 0 Å². The van der Waals surface area contributed by atoms with Crippen LogP contribution in [0.4, 0.5) is 0 Å². The van der Waals surface area contributed by atoms with Crippen molar-refractivity contribution in [3.05, 3.63) is 89.7 Å². The maximum absolute atomic E-state index is 5.73. The van der Waals surface area contributed by atoms with E-state index in [1.165, 1.54) is 16.7 Å². The van der Waals surface area contributed by atoms with Crippen LogP contribution in [0.15, 0.2) is 78.0 Å². The standard InChI is InChI=1S/C23H29N5O.HI/c1-2-24-23(25-14-16-29-19-20-9-4-3-5-10-20)26-17-21-11-6-7-12-22(21)18-28-15-8-13-27-28;/h3-13,15H,2,14,16-19H2,1H3,(H2,24,25,26);1H. The molecular weight excluding hydrogens is 489 g/mol. The third-order valence-electron chi connectivity index (χ3n) is 4.41. The zero-order chi connectivity index (χ0) is 20.2. The normalized spacial score (nSPS) is 11.0. The minimum atomic E-state index is 0. The van der Waals surface area contributed by atoms with Gasteiger partial charge in [-0.3, -0.25) is 4.68 Å². The summed E-state index contributed by atoms with van der Waals surface area (Å²) in [5.41, 5.74) is 3.60. The molecule has 160 valence electrons. The van der Waals surface area contributed by atoms with Crippen LogP contribution in [0, 0.1) is 0 Å². The van der Waals surface area contributed by atoms with Gasteiger partial charge < -0.3 is 15.4 Å². The third kappa shape index (κ3) is 8.16. The lowest BCUT2D eigenvalue weighted by atomic mass is 10.1. The maximum Gasteiger partial charge on any atom is 0.191 e. The monoisotopic (exact) mass is 519 g/mol. The highest BCUT2D eigenvalue weighted by Gasteiger charge is 2.04. The molecule has 0 aliphatic heterocycles. The topological polar surface area (TPSA) is 63.5 Å². The molecule has 0 atom stereocenters. The van der Waals surface area contributed by atoms with Gasteiger partial charge in [0.15, 0.2) is 5.96 Å². The first-order valence-corrected chi connectivity index (χ1v) is 10.0. The van der Waals surface area contributed by atoms with E-state index in [1.807, 2.05) is 35.1 Å². The lowest BCUT2D eigenvalue weighted by Crippen LogP contribution is -2.39. The molecule has 0 aliphatic rings.